The second-order valence-electron chi connectivity index (χ2n) is 7.10. The Morgan fingerprint density at radius 2 is 1.80 bits per heavy atom. The number of nitrogens with zero attached hydrogens (tertiary/aromatic N) is 5. The molecule has 6 heteroatoms. The number of rotatable bonds is 6. The topological polar surface area (TPSA) is 67.4 Å². The molecule has 0 N–H and O–H groups in total. The molecule has 0 amide bonds. The summed E-state index contributed by atoms with van der Waals surface area (Å²) < 4.78 is 2.02. The Bertz CT molecular complexity index is 1180. The van der Waals surface area contributed by atoms with E-state index in [1.165, 1.54) is 17.3 Å². The van der Waals surface area contributed by atoms with Crippen LogP contribution in [0.4, 0.5) is 0 Å². The molecule has 30 heavy (non-hydrogen) atoms. The predicted octanol–water partition coefficient (Wildman–Crippen LogP) is 5.17. The SMILES string of the molecule is Cc1ccc(CC(C#N)Sc2nnc(-c3cccnc3)n2-c2ccccc2C)cc1. The Labute approximate surface area is 180 Å². The predicted molar refractivity (Wildman–Crippen MR) is 119 cm³/mol. The highest BCUT2D eigenvalue weighted by Gasteiger charge is 2.21. The molecule has 148 valence electrons. The van der Waals surface area contributed by atoms with Gasteiger partial charge in [0.15, 0.2) is 11.0 Å². The lowest BCUT2D eigenvalue weighted by Crippen LogP contribution is -2.08. The van der Waals surface area contributed by atoms with Crippen LogP contribution in [-0.4, -0.2) is 25.0 Å². The molecule has 0 bridgehead atoms. The molecule has 0 radical (unpaired) electrons. The van der Waals surface area contributed by atoms with E-state index in [0.717, 1.165) is 22.4 Å². The zero-order valence-corrected chi connectivity index (χ0v) is 17.7. The first kappa shape index (κ1) is 19.9. The summed E-state index contributed by atoms with van der Waals surface area (Å²) in [4.78, 5) is 4.23. The summed E-state index contributed by atoms with van der Waals surface area (Å²) in [5.41, 5.74) is 5.33. The van der Waals surface area contributed by atoms with Crippen LogP contribution in [0.3, 0.4) is 0 Å². The molecule has 1 unspecified atom stereocenters. The van der Waals surface area contributed by atoms with E-state index in [0.29, 0.717) is 17.4 Å². The normalized spacial score (nSPS) is 11.8. The second kappa shape index (κ2) is 8.93. The van der Waals surface area contributed by atoms with Crippen molar-refractivity contribution >= 4 is 11.8 Å². The molecule has 0 saturated carbocycles. The molecule has 5 nitrogen and oxygen atoms in total. The van der Waals surface area contributed by atoms with Crippen LogP contribution in [0.25, 0.3) is 17.1 Å². The first-order valence-electron chi connectivity index (χ1n) is 9.69. The van der Waals surface area contributed by atoms with E-state index in [1.54, 1.807) is 12.4 Å². The van der Waals surface area contributed by atoms with Gasteiger partial charge in [0.05, 0.1) is 11.8 Å². The third kappa shape index (κ3) is 4.27. The van der Waals surface area contributed by atoms with Crippen molar-refractivity contribution in [2.45, 2.75) is 30.7 Å². The van der Waals surface area contributed by atoms with Gasteiger partial charge in [-0.2, -0.15) is 5.26 Å². The van der Waals surface area contributed by atoms with Gasteiger partial charge in [0.1, 0.15) is 5.25 Å². The first-order chi connectivity index (χ1) is 14.7. The molecule has 0 fully saturated rings. The Balaban J connectivity index is 1.72. The van der Waals surface area contributed by atoms with Crippen molar-refractivity contribution in [3.8, 4) is 23.1 Å². The summed E-state index contributed by atoms with van der Waals surface area (Å²) in [6.07, 6.45) is 4.16. The molecular formula is C24H21N5S. The zero-order chi connectivity index (χ0) is 20.9. The number of thioether (sulfide) groups is 1. The van der Waals surface area contributed by atoms with Gasteiger partial charge in [0, 0.05) is 18.0 Å². The van der Waals surface area contributed by atoms with E-state index in [1.807, 2.05) is 34.9 Å². The number of benzene rings is 2. The van der Waals surface area contributed by atoms with Crippen LogP contribution in [-0.2, 0) is 6.42 Å². The fourth-order valence-electron chi connectivity index (χ4n) is 3.24. The van der Waals surface area contributed by atoms with E-state index in [4.69, 9.17) is 0 Å². The zero-order valence-electron chi connectivity index (χ0n) is 16.9. The minimum Gasteiger partial charge on any atom is -0.270 e. The molecule has 2 aromatic carbocycles. The van der Waals surface area contributed by atoms with Gasteiger partial charge in [-0.3, -0.25) is 9.55 Å². The monoisotopic (exact) mass is 411 g/mol. The van der Waals surface area contributed by atoms with Gasteiger partial charge in [0.2, 0.25) is 0 Å². The minimum absolute atomic E-state index is 0.276. The number of nitriles is 1. The highest BCUT2D eigenvalue weighted by atomic mass is 32.2. The van der Waals surface area contributed by atoms with E-state index < -0.39 is 0 Å². The van der Waals surface area contributed by atoms with E-state index in [-0.39, 0.29) is 5.25 Å². The summed E-state index contributed by atoms with van der Waals surface area (Å²) in [5.74, 6) is 0.715. The second-order valence-corrected chi connectivity index (χ2v) is 8.26. The Morgan fingerprint density at radius 3 is 2.50 bits per heavy atom. The molecule has 0 aliphatic carbocycles. The molecule has 2 heterocycles. The van der Waals surface area contributed by atoms with Gasteiger partial charge in [0.25, 0.3) is 0 Å². The summed E-state index contributed by atoms with van der Waals surface area (Å²) in [5, 5.41) is 19.1. The van der Waals surface area contributed by atoms with Gasteiger partial charge in [-0.15, -0.1) is 10.2 Å². The van der Waals surface area contributed by atoms with Gasteiger partial charge in [-0.05, 0) is 49.6 Å². The highest BCUT2D eigenvalue weighted by Crippen LogP contribution is 2.32. The molecule has 1 atom stereocenters. The number of hydrogen-bond donors (Lipinski definition) is 0. The maximum absolute atomic E-state index is 9.80. The average Bonchev–Trinajstić information content (AvgIpc) is 3.19. The van der Waals surface area contributed by atoms with Crippen molar-refractivity contribution in [3.63, 3.8) is 0 Å². The standard InChI is InChI=1S/C24H21N5S/c1-17-9-11-19(12-10-17)14-21(15-25)30-24-28-27-23(20-7-5-13-26-16-20)29(24)22-8-4-3-6-18(22)2/h3-13,16,21H,14H2,1-2H3. The third-order valence-corrected chi connectivity index (χ3v) is 5.87. The molecule has 0 saturated heterocycles. The summed E-state index contributed by atoms with van der Waals surface area (Å²) in [6.45, 7) is 4.12. The average molecular weight is 412 g/mol. The van der Waals surface area contributed by atoms with Crippen molar-refractivity contribution in [3.05, 3.63) is 89.7 Å². The summed E-state index contributed by atoms with van der Waals surface area (Å²) in [7, 11) is 0. The van der Waals surface area contributed by atoms with Crippen molar-refractivity contribution in [1.29, 1.82) is 5.26 Å². The number of pyridine rings is 1. The summed E-state index contributed by atoms with van der Waals surface area (Å²) in [6, 6.07) is 22.7. The van der Waals surface area contributed by atoms with Crippen molar-refractivity contribution in [1.82, 2.24) is 19.7 Å². The first-order valence-corrected chi connectivity index (χ1v) is 10.6. The van der Waals surface area contributed by atoms with Gasteiger partial charge >= 0.3 is 0 Å². The fourth-order valence-corrected chi connectivity index (χ4v) is 4.20. The third-order valence-electron chi connectivity index (χ3n) is 4.84. The number of hydrogen-bond acceptors (Lipinski definition) is 5. The molecule has 4 aromatic rings. The van der Waals surface area contributed by atoms with Crippen LogP contribution in [0.15, 0.2) is 78.2 Å². The molecule has 0 spiro atoms. The molecule has 0 aliphatic heterocycles. The summed E-state index contributed by atoms with van der Waals surface area (Å²) >= 11 is 1.44. The lowest BCUT2D eigenvalue weighted by Gasteiger charge is -2.14. The van der Waals surface area contributed by atoms with E-state index in [9.17, 15) is 5.26 Å². The lowest BCUT2D eigenvalue weighted by molar-refractivity contribution is 0.872. The van der Waals surface area contributed by atoms with Crippen LogP contribution in [0, 0.1) is 25.2 Å². The van der Waals surface area contributed by atoms with Gasteiger partial charge in [-0.1, -0.05) is 59.8 Å². The molecule has 0 aliphatic rings. The lowest BCUT2D eigenvalue weighted by atomic mass is 10.1. The van der Waals surface area contributed by atoms with Crippen LogP contribution < -0.4 is 0 Å². The largest absolute Gasteiger partial charge is 0.270 e. The Hall–Kier alpha value is -3.43. The minimum atomic E-state index is -0.276. The number of para-hydroxylation sites is 1. The molecule has 2 aromatic heterocycles. The maximum atomic E-state index is 9.80. The van der Waals surface area contributed by atoms with Crippen molar-refractivity contribution < 1.29 is 0 Å². The number of aryl methyl sites for hydroxylation is 2. The van der Waals surface area contributed by atoms with Crippen LogP contribution >= 0.6 is 11.8 Å². The Morgan fingerprint density at radius 1 is 1.00 bits per heavy atom. The van der Waals surface area contributed by atoms with Crippen LogP contribution in [0.5, 0.6) is 0 Å². The fraction of sp³-hybridized carbons (Fsp3) is 0.167. The smallest absolute Gasteiger partial charge is 0.197 e. The van der Waals surface area contributed by atoms with Gasteiger partial charge < -0.3 is 0 Å². The van der Waals surface area contributed by atoms with Gasteiger partial charge in [-0.25, -0.2) is 0 Å². The van der Waals surface area contributed by atoms with E-state index in [2.05, 4.69) is 65.4 Å². The maximum Gasteiger partial charge on any atom is 0.197 e. The van der Waals surface area contributed by atoms with Crippen molar-refractivity contribution in [2.24, 2.45) is 0 Å². The highest BCUT2D eigenvalue weighted by molar-refractivity contribution is 8.00. The van der Waals surface area contributed by atoms with Crippen LogP contribution in [0.2, 0.25) is 0 Å². The number of aromatic nitrogens is 4. The Kier molecular flexibility index (Phi) is 5.92. The molecule has 4 rings (SSSR count). The van der Waals surface area contributed by atoms with Crippen LogP contribution in [0.1, 0.15) is 16.7 Å². The molecular weight excluding hydrogens is 390 g/mol. The van der Waals surface area contributed by atoms with Crippen molar-refractivity contribution in [2.75, 3.05) is 0 Å². The quantitative estimate of drug-likeness (QED) is 0.409. The van der Waals surface area contributed by atoms with E-state index >= 15 is 0 Å².